The summed E-state index contributed by atoms with van der Waals surface area (Å²) in [7, 11) is 1.47. The first kappa shape index (κ1) is 20.0. The van der Waals surface area contributed by atoms with Crippen molar-refractivity contribution in [3.05, 3.63) is 48.0 Å². The van der Waals surface area contributed by atoms with E-state index in [9.17, 15) is 14.4 Å². The highest BCUT2D eigenvalue weighted by Crippen LogP contribution is 2.29. The maximum atomic E-state index is 12.4. The summed E-state index contributed by atoms with van der Waals surface area (Å²) in [5.74, 6) is 0.139. The molecule has 2 amide bonds. The van der Waals surface area contributed by atoms with Crippen molar-refractivity contribution in [2.45, 2.75) is 26.9 Å². The zero-order chi connectivity index (χ0) is 20.0. The minimum Gasteiger partial charge on any atom is -0.493 e. The lowest BCUT2D eigenvalue weighted by atomic mass is 10.1. The van der Waals surface area contributed by atoms with Crippen molar-refractivity contribution in [2.75, 3.05) is 17.7 Å². The molecule has 0 aliphatic carbocycles. The Bertz CT molecular complexity index is 846. The number of benzene rings is 2. The molecule has 0 radical (unpaired) electrons. The van der Waals surface area contributed by atoms with Crippen LogP contribution in [0.3, 0.4) is 0 Å². The van der Waals surface area contributed by atoms with E-state index in [1.54, 1.807) is 49.4 Å². The molecule has 27 heavy (non-hydrogen) atoms. The standard InChI is InChI=1S/C20H22N2O5/c1-12(23)15-5-10-18(19(11-15)26-4)27-13(2)20(25)22-17-8-6-16(7-9-17)21-14(3)24/h5-11,13H,1-4H3,(H,21,24)(H,22,25). The van der Waals surface area contributed by atoms with Crippen LogP contribution in [0.2, 0.25) is 0 Å². The van der Waals surface area contributed by atoms with E-state index in [4.69, 9.17) is 9.47 Å². The summed E-state index contributed by atoms with van der Waals surface area (Å²) >= 11 is 0. The summed E-state index contributed by atoms with van der Waals surface area (Å²) in [5, 5.41) is 5.39. The van der Waals surface area contributed by atoms with Gasteiger partial charge in [-0.1, -0.05) is 0 Å². The summed E-state index contributed by atoms with van der Waals surface area (Å²) in [6.07, 6.45) is -0.794. The molecule has 7 nitrogen and oxygen atoms in total. The maximum Gasteiger partial charge on any atom is 0.265 e. The Balaban J connectivity index is 2.03. The van der Waals surface area contributed by atoms with Crippen LogP contribution in [0, 0.1) is 0 Å². The maximum absolute atomic E-state index is 12.4. The lowest BCUT2D eigenvalue weighted by Crippen LogP contribution is -2.30. The first-order valence-electron chi connectivity index (χ1n) is 8.34. The van der Waals surface area contributed by atoms with Gasteiger partial charge in [-0.15, -0.1) is 0 Å². The Morgan fingerprint density at radius 1 is 0.889 bits per heavy atom. The van der Waals surface area contributed by atoms with E-state index in [1.165, 1.54) is 21.0 Å². The number of methoxy groups -OCH3 is 1. The quantitative estimate of drug-likeness (QED) is 0.730. The number of nitrogens with one attached hydrogen (secondary N) is 2. The first-order valence-corrected chi connectivity index (χ1v) is 8.34. The fourth-order valence-corrected chi connectivity index (χ4v) is 2.31. The average molecular weight is 370 g/mol. The van der Waals surface area contributed by atoms with Crippen molar-refractivity contribution in [2.24, 2.45) is 0 Å². The largest absolute Gasteiger partial charge is 0.493 e. The molecule has 1 unspecified atom stereocenters. The van der Waals surface area contributed by atoms with E-state index in [-0.39, 0.29) is 17.6 Å². The molecule has 0 heterocycles. The smallest absolute Gasteiger partial charge is 0.265 e. The molecule has 7 heteroatoms. The van der Waals surface area contributed by atoms with Gasteiger partial charge in [0.1, 0.15) is 0 Å². The van der Waals surface area contributed by atoms with E-state index >= 15 is 0 Å². The molecular formula is C20H22N2O5. The molecule has 0 spiro atoms. The minimum absolute atomic E-state index is 0.0895. The number of Topliss-reactive ketones (excluding diaryl/α,β-unsaturated/α-hetero) is 1. The Morgan fingerprint density at radius 2 is 1.48 bits per heavy atom. The second kappa shape index (κ2) is 8.84. The lowest BCUT2D eigenvalue weighted by Gasteiger charge is -2.17. The van der Waals surface area contributed by atoms with Gasteiger partial charge in [-0.2, -0.15) is 0 Å². The lowest BCUT2D eigenvalue weighted by molar-refractivity contribution is -0.122. The van der Waals surface area contributed by atoms with Gasteiger partial charge in [0, 0.05) is 23.9 Å². The van der Waals surface area contributed by atoms with Gasteiger partial charge in [0.25, 0.3) is 5.91 Å². The van der Waals surface area contributed by atoms with Crippen molar-refractivity contribution >= 4 is 29.0 Å². The Kier molecular flexibility index (Phi) is 6.54. The Hall–Kier alpha value is -3.35. The molecule has 0 aromatic heterocycles. The number of anilines is 2. The predicted octanol–water partition coefficient (Wildman–Crippen LogP) is 3.26. The molecule has 0 aliphatic rings. The van der Waals surface area contributed by atoms with Crippen molar-refractivity contribution in [3.8, 4) is 11.5 Å². The summed E-state index contributed by atoms with van der Waals surface area (Å²) in [5.41, 5.74) is 1.71. The fourth-order valence-electron chi connectivity index (χ4n) is 2.31. The minimum atomic E-state index is -0.794. The third-order valence-corrected chi connectivity index (χ3v) is 3.72. The molecule has 0 saturated carbocycles. The zero-order valence-electron chi connectivity index (χ0n) is 15.7. The normalized spacial score (nSPS) is 11.3. The monoisotopic (exact) mass is 370 g/mol. The SMILES string of the molecule is COc1cc(C(C)=O)ccc1OC(C)C(=O)Nc1ccc(NC(C)=O)cc1. The molecule has 2 aromatic rings. The highest BCUT2D eigenvalue weighted by Gasteiger charge is 2.18. The molecular weight excluding hydrogens is 348 g/mol. The van der Waals surface area contributed by atoms with Crippen LogP contribution < -0.4 is 20.1 Å². The van der Waals surface area contributed by atoms with Gasteiger partial charge in [0.2, 0.25) is 5.91 Å². The second-order valence-electron chi connectivity index (χ2n) is 5.93. The number of ether oxygens (including phenoxy) is 2. The summed E-state index contributed by atoms with van der Waals surface area (Å²) in [6.45, 7) is 4.49. The number of hydrogen-bond donors (Lipinski definition) is 2. The number of ketones is 1. The van der Waals surface area contributed by atoms with Crippen molar-refractivity contribution in [1.29, 1.82) is 0 Å². The van der Waals surface area contributed by atoms with Gasteiger partial charge in [-0.3, -0.25) is 14.4 Å². The molecule has 2 rings (SSSR count). The number of rotatable bonds is 7. The topological polar surface area (TPSA) is 93.7 Å². The van der Waals surface area contributed by atoms with Crippen molar-refractivity contribution < 1.29 is 23.9 Å². The molecule has 2 aromatic carbocycles. The summed E-state index contributed by atoms with van der Waals surface area (Å²) in [4.78, 5) is 34.8. The van der Waals surface area contributed by atoms with E-state index in [0.29, 0.717) is 28.4 Å². The molecule has 0 fully saturated rings. The van der Waals surface area contributed by atoms with Gasteiger partial charge in [-0.25, -0.2) is 0 Å². The Labute approximate surface area is 157 Å². The van der Waals surface area contributed by atoms with E-state index in [0.717, 1.165) is 0 Å². The highest BCUT2D eigenvalue weighted by molar-refractivity contribution is 5.95. The van der Waals surface area contributed by atoms with Crippen molar-refractivity contribution in [1.82, 2.24) is 0 Å². The van der Waals surface area contributed by atoms with Gasteiger partial charge < -0.3 is 20.1 Å². The predicted molar refractivity (Wildman–Crippen MR) is 102 cm³/mol. The molecule has 142 valence electrons. The summed E-state index contributed by atoms with van der Waals surface area (Å²) in [6, 6.07) is 11.5. The second-order valence-corrected chi connectivity index (χ2v) is 5.93. The molecule has 0 saturated heterocycles. The van der Waals surface area contributed by atoms with Crippen LogP contribution in [-0.2, 0) is 9.59 Å². The van der Waals surface area contributed by atoms with E-state index < -0.39 is 6.10 Å². The summed E-state index contributed by atoms with van der Waals surface area (Å²) < 4.78 is 10.9. The van der Waals surface area contributed by atoms with Gasteiger partial charge in [-0.05, 0) is 56.3 Å². The molecule has 0 aliphatic heterocycles. The van der Waals surface area contributed by atoms with Crippen molar-refractivity contribution in [3.63, 3.8) is 0 Å². The Morgan fingerprint density at radius 3 is 2.00 bits per heavy atom. The molecule has 1 atom stereocenters. The van der Waals surface area contributed by atoms with Crippen LogP contribution >= 0.6 is 0 Å². The highest BCUT2D eigenvalue weighted by atomic mass is 16.5. The van der Waals surface area contributed by atoms with Crippen LogP contribution in [0.1, 0.15) is 31.1 Å². The van der Waals surface area contributed by atoms with Crippen LogP contribution in [0.15, 0.2) is 42.5 Å². The third kappa shape index (κ3) is 5.57. The van der Waals surface area contributed by atoms with Crippen LogP contribution in [0.5, 0.6) is 11.5 Å². The molecule has 2 N–H and O–H groups in total. The average Bonchev–Trinajstić information content (AvgIpc) is 2.62. The third-order valence-electron chi connectivity index (χ3n) is 3.72. The van der Waals surface area contributed by atoms with Gasteiger partial charge in [0.15, 0.2) is 23.4 Å². The number of amides is 2. The molecule has 0 bridgehead atoms. The zero-order valence-corrected chi connectivity index (χ0v) is 15.7. The first-order chi connectivity index (χ1) is 12.8. The van der Waals surface area contributed by atoms with Gasteiger partial charge in [0.05, 0.1) is 7.11 Å². The van der Waals surface area contributed by atoms with Crippen LogP contribution in [0.25, 0.3) is 0 Å². The van der Waals surface area contributed by atoms with E-state index in [1.807, 2.05) is 0 Å². The van der Waals surface area contributed by atoms with E-state index in [2.05, 4.69) is 10.6 Å². The number of hydrogen-bond acceptors (Lipinski definition) is 5. The number of carbonyl (C=O) groups is 3. The van der Waals surface area contributed by atoms with Crippen LogP contribution in [-0.4, -0.2) is 30.8 Å². The van der Waals surface area contributed by atoms with Gasteiger partial charge >= 0.3 is 0 Å². The van der Waals surface area contributed by atoms with Crippen LogP contribution in [0.4, 0.5) is 11.4 Å². The number of carbonyl (C=O) groups excluding carboxylic acids is 3. The fraction of sp³-hybridized carbons (Fsp3) is 0.250.